The number of para-hydroxylation sites is 1. The molecule has 2 rings (SSSR count). The lowest BCUT2D eigenvalue weighted by molar-refractivity contribution is -0.117. The van der Waals surface area contributed by atoms with Crippen molar-refractivity contribution in [3.05, 3.63) is 30.1 Å². The van der Waals surface area contributed by atoms with Crippen LogP contribution in [0.15, 0.2) is 24.3 Å². The number of amides is 1. The molecule has 1 aromatic carbocycles. The van der Waals surface area contributed by atoms with E-state index < -0.39 is 0 Å². The molecule has 1 aliphatic heterocycles. The van der Waals surface area contributed by atoms with Crippen LogP contribution in [0.1, 0.15) is 6.42 Å². The molecule has 0 spiro atoms. The molecule has 80 valence electrons. The topological polar surface area (TPSA) is 32.3 Å². The Morgan fingerprint density at radius 3 is 2.93 bits per heavy atom. The SMILES string of the molecule is O=C1CNCCCN1c1ccccc1F. The number of carbonyl (C=O) groups excluding carboxylic acids is 1. The number of hydrogen-bond donors (Lipinski definition) is 1. The van der Waals surface area contributed by atoms with E-state index in [-0.39, 0.29) is 18.3 Å². The third kappa shape index (κ3) is 2.15. The van der Waals surface area contributed by atoms with Crippen LogP contribution in [0.5, 0.6) is 0 Å². The summed E-state index contributed by atoms with van der Waals surface area (Å²) in [7, 11) is 0. The molecule has 15 heavy (non-hydrogen) atoms. The highest BCUT2D eigenvalue weighted by Gasteiger charge is 2.19. The van der Waals surface area contributed by atoms with Crippen LogP contribution in [0.25, 0.3) is 0 Å². The van der Waals surface area contributed by atoms with Gasteiger partial charge >= 0.3 is 0 Å². The first-order valence-corrected chi connectivity index (χ1v) is 5.04. The van der Waals surface area contributed by atoms with Crippen molar-refractivity contribution >= 4 is 11.6 Å². The third-order valence-electron chi connectivity index (χ3n) is 2.46. The quantitative estimate of drug-likeness (QED) is 0.751. The summed E-state index contributed by atoms with van der Waals surface area (Å²) >= 11 is 0. The first kappa shape index (κ1) is 10.1. The van der Waals surface area contributed by atoms with Crippen LogP contribution in [0.3, 0.4) is 0 Å². The van der Waals surface area contributed by atoms with Crippen molar-refractivity contribution in [1.29, 1.82) is 0 Å². The summed E-state index contributed by atoms with van der Waals surface area (Å²) in [6, 6.07) is 6.38. The summed E-state index contributed by atoms with van der Waals surface area (Å²) in [5.74, 6) is -0.412. The van der Waals surface area contributed by atoms with E-state index in [9.17, 15) is 9.18 Å². The molecule has 1 N–H and O–H groups in total. The Hall–Kier alpha value is -1.42. The number of halogens is 1. The summed E-state index contributed by atoms with van der Waals surface area (Å²) < 4.78 is 13.5. The Morgan fingerprint density at radius 1 is 1.33 bits per heavy atom. The molecule has 0 bridgehead atoms. The van der Waals surface area contributed by atoms with Gasteiger partial charge in [-0.15, -0.1) is 0 Å². The molecule has 0 aliphatic carbocycles. The third-order valence-corrected chi connectivity index (χ3v) is 2.46. The molecule has 0 aromatic heterocycles. The number of nitrogens with zero attached hydrogens (tertiary/aromatic N) is 1. The van der Waals surface area contributed by atoms with Crippen molar-refractivity contribution in [3.8, 4) is 0 Å². The first-order chi connectivity index (χ1) is 7.29. The van der Waals surface area contributed by atoms with Gasteiger partial charge in [0, 0.05) is 6.54 Å². The average Bonchev–Trinajstić information content (AvgIpc) is 2.44. The molecule has 0 saturated carbocycles. The molecule has 1 amide bonds. The van der Waals surface area contributed by atoms with Crippen LogP contribution < -0.4 is 10.2 Å². The predicted octanol–water partition coefficient (Wildman–Crippen LogP) is 1.15. The highest BCUT2D eigenvalue weighted by molar-refractivity contribution is 5.95. The van der Waals surface area contributed by atoms with Crippen LogP contribution in [0.4, 0.5) is 10.1 Å². The van der Waals surface area contributed by atoms with Gasteiger partial charge in [-0.05, 0) is 25.1 Å². The lowest BCUT2D eigenvalue weighted by Crippen LogP contribution is -2.35. The molecule has 0 atom stereocenters. The largest absolute Gasteiger partial charge is 0.309 e. The van der Waals surface area contributed by atoms with E-state index in [0.717, 1.165) is 13.0 Å². The number of rotatable bonds is 1. The second-order valence-corrected chi connectivity index (χ2v) is 3.53. The highest BCUT2D eigenvalue weighted by atomic mass is 19.1. The molecule has 4 heteroatoms. The second-order valence-electron chi connectivity index (χ2n) is 3.53. The Labute approximate surface area is 87.9 Å². The number of hydrogen-bond acceptors (Lipinski definition) is 2. The van der Waals surface area contributed by atoms with Crippen LogP contribution in [0, 0.1) is 5.82 Å². The summed E-state index contributed by atoms with van der Waals surface area (Å²) in [5.41, 5.74) is 0.381. The maximum absolute atomic E-state index is 13.5. The second kappa shape index (κ2) is 4.40. The minimum Gasteiger partial charge on any atom is -0.309 e. The minimum atomic E-state index is -0.340. The standard InChI is InChI=1S/C11H13FN2O/c12-9-4-1-2-5-10(9)14-7-3-6-13-8-11(14)15/h1-2,4-5,13H,3,6-8H2. The van der Waals surface area contributed by atoms with Crippen molar-refractivity contribution in [2.24, 2.45) is 0 Å². The molecule has 1 aliphatic rings. The fraction of sp³-hybridized carbons (Fsp3) is 0.364. The van der Waals surface area contributed by atoms with Gasteiger partial charge in [-0.3, -0.25) is 4.79 Å². The van der Waals surface area contributed by atoms with Crippen molar-refractivity contribution in [2.75, 3.05) is 24.5 Å². The predicted molar refractivity (Wildman–Crippen MR) is 56.2 cm³/mol. The Morgan fingerprint density at radius 2 is 2.13 bits per heavy atom. The summed E-state index contributed by atoms with van der Waals surface area (Å²) in [6.45, 7) is 1.66. The Bertz CT molecular complexity index is 367. The monoisotopic (exact) mass is 208 g/mol. The molecule has 1 aromatic rings. The summed E-state index contributed by atoms with van der Waals surface area (Å²) in [4.78, 5) is 13.2. The highest BCUT2D eigenvalue weighted by Crippen LogP contribution is 2.19. The van der Waals surface area contributed by atoms with Gasteiger partial charge in [-0.1, -0.05) is 12.1 Å². The van der Waals surface area contributed by atoms with Crippen molar-refractivity contribution in [2.45, 2.75) is 6.42 Å². The van der Waals surface area contributed by atoms with Gasteiger partial charge in [-0.2, -0.15) is 0 Å². The van der Waals surface area contributed by atoms with Crippen molar-refractivity contribution < 1.29 is 9.18 Å². The summed E-state index contributed by atoms with van der Waals surface area (Å²) in [5, 5.41) is 3.00. The molecule has 0 radical (unpaired) electrons. The molecular formula is C11H13FN2O. The number of anilines is 1. The van der Waals surface area contributed by atoms with Gasteiger partial charge in [0.1, 0.15) is 5.82 Å². The fourth-order valence-corrected chi connectivity index (χ4v) is 1.70. The molecule has 1 heterocycles. The van der Waals surface area contributed by atoms with E-state index in [1.54, 1.807) is 18.2 Å². The fourth-order valence-electron chi connectivity index (χ4n) is 1.70. The maximum atomic E-state index is 13.5. The Balaban J connectivity index is 2.28. The van der Waals surface area contributed by atoms with Crippen molar-refractivity contribution in [3.63, 3.8) is 0 Å². The normalized spacial score (nSPS) is 17.7. The maximum Gasteiger partial charge on any atom is 0.241 e. The van der Waals surface area contributed by atoms with Crippen LogP contribution in [-0.4, -0.2) is 25.5 Å². The van der Waals surface area contributed by atoms with E-state index >= 15 is 0 Å². The molecule has 1 fully saturated rings. The lowest BCUT2D eigenvalue weighted by atomic mass is 10.2. The van der Waals surface area contributed by atoms with Gasteiger partial charge in [0.2, 0.25) is 5.91 Å². The van der Waals surface area contributed by atoms with Crippen LogP contribution in [0.2, 0.25) is 0 Å². The van der Waals surface area contributed by atoms with Gasteiger partial charge in [0.05, 0.1) is 12.2 Å². The molecule has 0 unspecified atom stereocenters. The number of carbonyl (C=O) groups is 1. The van der Waals surface area contributed by atoms with Crippen LogP contribution >= 0.6 is 0 Å². The van der Waals surface area contributed by atoms with Gasteiger partial charge in [0.25, 0.3) is 0 Å². The van der Waals surface area contributed by atoms with E-state index in [0.29, 0.717) is 12.2 Å². The number of benzene rings is 1. The van der Waals surface area contributed by atoms with Crippen molar-refractivity contribution in [1.82, 2.24) is 5.32 Å². The number of nitrogens with one attached hydrogen (secondary N) is 1. The van der Waals surface area contributed by atoms with E-state index in [1.807, 2.05) is 0 Å². The zero-order valence-corrected chi connectivity index (χ0v) is 8.37. The average molecular weight is 208 g/mol. The molecular weight excluding hydrogens is 195 g/mol. The van der Waals surface area contributed by atoms with E-state index in [1.165, 1.54) is 11.0 Å². The first-order valence-electron chi connectivity index (χ1n) is 5.04. The Kier molecular flexibility index (Phi) is 2.97. The van der Waals surface area contributed by atoms with E-state index in [4.69, 9.17) is 0 Å². The van der Waals surface area contributed by atoms with E-state index in [2.05, 4.69) is 5.32 Å². The zero-order chi connectivity index (χ0) is 10.7. The smallest absolute Gasteiger partial charge is 0.241 e. The van der Waals surface area contributed by atoms with Crippen LogP contribution in [-0.2, 0) is 4.79 Å². The van der Waals surface area contributed by atoms with Gasteiger partial charge in [-0.25, -0.2) is 4.39 Å². The zero-order valence-electron chi connectivity index (χ0n) is 8.37. The lowest BCUT2D eigenvalue weighted by Gasteiger charge is -2.20. The molecule has 1 saturated heterocycles. The summed E-state index contributed by atoms with van der Waals surface area (Å²) in [6.07, 6.45) is 0.847. The van der Waals surface area contributed by atoms with Gasteiger partial charge < -0.3 is 10.2 Å². The molecule has 3 nitrogen and oxygen atoms in total. The van der Waals surface area contributed by atoms with Gasteiger partial charge in [0.15, 0.2) is 0 Å². The minimum absolute atomic E-state index is 0.0717.